The minimum Gasteiger partial charge on any atom is -0.473 e. The number of nitrogens with zero attached hydrogens (tertiary/aromatic N) is 2. The van der Waals surface area contributed by atoms with Crippen molar-refractivity contribution in [2.45, 2.75) is 38.3 Å². The van der Waals surface area contributed by atoms with Crippen LogP contribution in [0.15, 0.2) is 11.7 Å². The van der Waals surface area contributed by atoms with E-state index in [2.05, 4.69) is 22.3 Å². The first kappa shape index (κ1) is 10.9. The van der Waals surface area contributed by atoms with E-state index in [1.165, 1.54) is 5.56 Å². The van der Waals surface area contributed by atoms with Crippen LogP contribution in [0.3, 0.4) is 0 Å². The van der Waals surface area contributed by atoms with Gasteiger partial charge in [0, 0.05) is 6.04 Å². The van der Waals surface area contributed by atoms with Crippen LogP contribution < -0.4 is 10.5 Å². The molecule has 2 heterocycles. The molecule has 17 heavy (non-hydrogen) atoms. The Kier molecular flexibility index (Phi) is 2.72. The van der Waals surface area contributed by atoms with Gasteiger partial charge in [-0.3, -0.25) is 0 Å². The monoisotopic (exact) mass is 249 g/mol. The van der Waals surface area contributed by atoms with Crippen LogP contribution in [0, 0.1) is 6.92 Å². The average Bonchev–Trinajstić information content (AvgIpc) is 2.88. The molecule has 0 amide bonds. The fourth-order valence-corrected chi connectivity index (χ4v) is 3.20. The van der Waals surface area contributed by atoms with Gasteiger partial charge >= 0.3 is 0 Å². The van der Waals surface area contributed by atoms with Crippen LogP contribution >= 0.6 is 11.3 Å². The lowest BCUT2D eigenvalue weighted by atomic mass is 10.3. The molecule has 1 fully saturated rings. The largest absolute Gasteiger partial charge is 0.473 e. The van der Waals surface area contributed by atoms with Crippen LogP contribution in [-0.4, -0.2) is 22.1 Å². The maximum absolute atomic E-state index is 5.95. The summed E-state index contributed by atoms with van der Waals surface area (Å²) in [6.07, 6.45) is 4.78. The van der Waals surface area contributed by atoms with Crippen molar-refractivity contribution in [1.29, 1.82) is 0 Å². The van der Waals surface area contributed by atoms with Gasteiger partial charge in [0.05, 0.1) is 5.52 Å². The molecule has 0 aromatic carbocycles. The molecule has 5 heteroatoms. The van der Waals surface area contributed by atoms with E-state index >= 15 is 0 Å². The van der Waals surface area contributed by atoms with Gasteiger partial charge in [-0.1, -0.05) is 0 Å². The van der Waals surface area contributed by atoms with Gasteiger partial charge < -0.3 is 10.5 Å². The van der Waals surface area contributed by atoms with E-state index in [9.17, 15) is 0 Å². The SMILES string of the molecule is Cc1csc2c(OC3CCC(N)C3)ncnc12. The summed E-state index contributed by atoms with van der Waals surface area (Å²) in [5.41, 5.74) is 8.07. The molecular weight excluding hydrogens is 234 g/mol. The molecule has 2 unspecified atom stereocenters. The molecule has 0 radical (unpaired) electrons. The number of hydrogen-bond donors (Lipinski definition) is 1. The number of fused-ring (bicyclic) bond motifs is 1. The van der Waals surface area contributed by atoms with Gasteiger partial charge in [0.15, 0.2) is 0 Å². The Morgan fingerprint density at radius 2 is 2.29 bits per heavy atom. The molecule has 2 aromatic heterocycles. The zero-order chi connectivity index (χ0) is 11.8. The summed E-state index contributed by atoms with van der Waals surface area (Å²) in [5.74, 6) is 0.715. The van der Waals surface area contributed by atoms with Crippen LogP contribution in [0.5, 0.6) is 5.88 Å². The summed E-state index contributed by atoms with van der Waals surface area (Å²) >= 11 is 1.64. The highest BCUT2D eigenvalue weighted by molar-refractivity contribution is 7.17. The molecule has 2 atom stereocenters. The van der Waals surface area contributed by atoms with Crippen molar-refractivity contribution in [3.8, 4) is 5.88 Å². The number of aryl methyl sites for hydroxylation is 1. The summed E-state index contributed by atoms with van der Waals surface area (Å²) < 4.78 is 7.00. The Balaban J connectivity index is 1.90. The van der Waals surface area contributed by atoms with Crippen molar-refractivity contribution in [2.75, 3.05) is 0 Å². The highest BCUT2D eigenvalue weighted by Gasteiger charge is 2.24. The van der Waals surface area contributed by atoms with E-state index < -0.39 is 0 Å². The van der Waals surface area contributed by atoms with Gasteiger partial charge in [0.1, 0.15) is 17.1 Å². The molecule has 1 saturated carbocycles. The Bertz CT molecular complexity index is 540. The van der Waals surface area contributed by atoms with E-state index in [1.807, 2.05) is 0 Å². The van der Waals surface area contributed by atoms with Gasteiger partial charge in [-0.05, 0) is 37.1 Å². The molecule has 2 aromatic rings. The first-order chi connectivity index (χ1) is 8.24. The second-order valence-corrected chi connectivity index (χ2v) is 5.47. The van der Waals surface area contributed by atoms with Crippen molar-refractivity contribution in [2.24, 2.45) is 5.73 Å². The number of thiophene rings is 1. The minimum atomic E-state index is 0.213. The number of ether oxygens (including phenoxy) is 1. The van der Waals surface area contributed by atoms with Crippen molar-refractivity contribution in [1.82, 2.24) is 9.97 Å². The van der Waals surface area contributed by atoms with E-state index in [0.717, 1.165) is 29.5 Å². The van der Waals surface area contributed by atoms with Crippen LogP contribution in [0.2, 0.25) is 0 Å². The van der Waals surface area contributed by atoms with E-state index in [-0.39, 0.29) is 12.1 Å². The van der Waals surface area contributed by atoms with E-state index in [4.69, 9.17) is 10.5 Å². The van der Waals surface area contributed by atoms with Gasteiger partial charge in [0.2, 0.25) is 5.88 Å². The second-order valence-electron chi connectivity index (χ2n) is 4.59. The summed E-state index contributed by atoms with van der Waals surface area (Å²) in [7, 11) is 0. The van der Waals surface area contributed by atoms with Gasteiger partial charge in [-0.2, -0.15) is 0 Å². The van der Waals surface area contributed by atoms with Crippen molar-refractivity contribution in [3.05, 3.63) is 17.3 Å². The molecule has 0 aliphatic heterocycles. The second kappa shape index (κ2) is 4.23. The molecule has 0 saturated heterocycles. The summed E-state index contributed by atoms with van der Waals surface area (Å²) in [4.78, 5) is 8.53. The maximum atomic E-state index is 5.95. The Hall–Kier alpha value is -1.20. The van der Waals surface area contributed by atoms with Gasteiger partial charge in [-0.15, -0.1) is 11.3 Å². The predicted molar refractivity (Wildman–Crippen MR) is 68.4 cm³/mol. The maximum Gasteiger partial charge on any atom is 0.235 e. The third kappa shape index (κ3) is 2.00. The van der Waals surface area contributed by atoms with E-state index in [0.29, 0.717) is 5.88 Å². The zero-order valence-electron chi connectivity index (χ0n) is 9.72. The van der Waals surface area contributed by atoms with Crippen LogP contribution in [0.1, 0.15) is 24.8 Å². The zero-order valence-corrected chi connectivity index (χ0v) is 10.5. The lowest BCUT2D eigenvalue weighted by molar-refractivity contribution is 0.203. The number of nitrogens with two attached hydrogens (primary N) is 1. The molecule has 3 rings (SSSR count). The Labute approximate surface area is 104 Å². The highest BCUT2D eigenvalue weighted by atomic mass is 32.1. The number of hydrogen-bond acceptors (Lipinski definition) is 5. The summed E-state index contributed by atoms with van der Waals surface area (Å²) in [6.45, 7) is 2.06. The quantitative estimate of drug-likeness (QED) is 0.886. The lowest BCUT2D eigenvalue weighted by Gasteiger charge is -2.12. The highest BCUT2D eigenvalue weighted by Crippen LogP contribution is 2.32. The molecule has 0 spiro atoms. The Morgan fingerprint density at radius 1 is 1.41 bits per heavy atom. The summed E-state index contributed by atoms with van der Waals surface area (Å²) in [5, 5.41) is 2.09. The molecular formula is C12H15N3OS. The van der Waals surface area contributed by atoms with Crippen molar-refractivity contribution in [3.63, 3.8) is 0 Å². The minimum absolute atomic E-state index is 0.213. The van der Waals surface area contributed by atoms with Crippen molar-refractivity contribution >= 4 is 21.6 Å². The molecule has 4 nitrogen and oxygen atoms in total. The lowest BCUT2D eigenvalue weighted by Crippen LogP contribution is -2.19. The smallest absolute Gasteiger partial charge is 0.235 e. The Morgan fingerprint density at radius 3 is 3.06 bits per heavy atom. The molecule has 0 bridgehead atoms. The first-order valence-corrected chi connectivity index (χ1v) is 6.73. The fraction of sp³-hybridized carbons (Fsp3) is 0.500. The van der Waals surface area contributed by atoms with Crippen LogP contribution in [-0.2, 0) is 0 Å². The van der Waals surface area contributed by atoms with Crippen LogP contribution in [0.25, 0.3) is 10.2 Å². The van der Waals surface area contributed by atoms with Crippen LogP contribution in [0.4, 0.5) is 0 Å². The topological polar surface area (TPSA) is 61.0 Å². The standard InChI is InChI=1S/C12H15N3OS/c1-7-5-17-11-10(7)14-6-15-12(11)16-9-3-2-8(13)4-9/h5-6,8-9H,2-4,13H2,1H3. The molecule has 1 aliphatic rings. The van der Waals surface area contributed by atoms with Gasteiger partial charge in [0.25, 0.3) is 0 Å². The molecule has 1 aliphatic carbocycles. The molecule has 90 valence electrons. The van der Waals surface area contributed by atoms with Crippen molar-refractivity contribution < 1.29 is 4.74 Å². The summed E-state index contributed by atoms with van der Waals surface area (Å²) in [6, 6.07) is 0.280. The average molecular weight is 249 g/mol. The fourth-order valence-electron chi connectivity index (χ4n) is 2.27. The number of rotatable bonds is 2. The third-order valence-electron chi connectivity index (χ3n) is 3.20. The van der Waals surface area contributed by atoms with Gasteiger partial charge in [-0.25, -0.2) is 9.97 Å². The molecule has 2 N–H and O–H groups in total. The normalized spacial score (nSPS) is 24.4. The third-order valence-corrected chi connectivity index (χ3v) is 4.28. The van der Waals surface area contributed by atoms with E-state index in [1.54, 1.807) is 17.7 Å². The first-order valence-electron chi connectivity index (χ1n) is 5.85. The predicted octanol–water partition coefficient (Wildman–Crippen LogP) is 2.26. The number of aromatic nitrogens is 2.